The van der Waals surface area contributed by atoms with E-state index in [9.17, 15) is 0 Å². The SMILES string of the molecule is CC(NCCCSc1ccccc1)C1CC1. The van der Waals surface area contributed by atoms with E-state index in [2.05, 4.69) is 42.6 Å². The Bertz CT molecular complexity index is 295. The van der Waals surface area contributed by atoms with E-state index in [-0.39, 0.29) is 0 Å². The van der Waals surface area contributed by atoms with Gasteiger partial charge in [-0.15, -0.1) is 11.8 Å². The summed E-state index contributed by atoms with van der Waals surface area (Å²) in [6.45, 7) is 3.49. The highest BCUT2D eigenvalue weighted by Gasteiger charge is 2.26. The topological polar surface area (TPSA) is 12.0 Å². The van der Waals surface area contributed by atoms with Gasteiger partial charge in [0.25, 0.3) is 0 Å². The molecule has 0 saturated heterocycles. The fourth-order valence-corrected chi connectivity index (χ4v) is 2.75. The van der Waals surface area contributed by atoms with Crippen LogP contribution in [0.1, 0.15) is 26.2 Å². The third kappa shape index (κ3) is 4.18. The number of hydrogen-bond donors (Lipinski definition) is 1. The van der Waals surface area contributed by atoms with Crippen molar-refractivity contribution in [2.75, 3.05) is 12.3 Å². The lowest BCUT2D eigenvalue weighted by Crippen LogP contribution is -2.28. The minimum Gasteiger partial charge on any atom is -0.314 e. The van der Waals surface area contributed by atoms with Gasteiger partial charge in [0.05, 0.1) is 0 Å². The molecule has 1 aliphatic carbocycles. The van der Waals surface area contributed by atoms with Crippen LogP contribution < -0.4 is 5.32 Å². The molecule has 2 heteroatoms. The predicted octanol–water partition coefficient (Wildman–Crippen LogP) is 3.56. The van der Waals surface area contributed by atoms with Crippen LogP contribution in [0.5, 0.6) is 0 Å². The van der Waals surface area contributed by atoms with Crippen molar-refractivity contribution < 1.29 is 0 Å². The van der Waals surface area contributed by atoms with Crippen LogP contribution in [0.25, 0.3) is 0 Å². The van der Waals surface area contributed by atoms with E-state index in [1.54, 1.807) is 0 Å². The van der Waals surface area contributed by atoms with Gasteiger partial charge in [0.15, 0.2) is 0 Å². The quantitative estimate of drug-likeness (QED) is 0.573. The van der Waals surface area contributed by atoms with Gasteiger partial charge in [-0.05, 0) is 56.5 Å². The molecule has 1 unspecified atom stereocenters. The van der Waals surface area contributed by atoms with E-state index in [1.165, 1.54) is 29.9 Å². The van der Waals surface area contributed by atoms with Crippen molar-refractivity contribution in [3.63, 3.8) is 0 Å². The van der Waals surface area contributed by atoms with E-state index < -0.39 is 0 Å². The lowest BCUT2D eigenvalue weighted by atomic mass is 10.2. The first-order valence-corrected chi connectivity index (χ1v) is 7.26. The lowest BCUT2D eigenvalue weighted by molar-refractivity contribution is 0.497. The van der Waals surface area contributed by atoms with Crippen LogP contribution in [0.4, 0.5) is 0 Å². The second kappa shape index (κ2) is 6.31. The molecular formula is C14H21NS. The third-order valence-corrected chi connectivity index (χ3v) is 4.23. The Morgan fingerprint density at radius 2 is 2.06 bits per heavy atom. The van der Waals surface area contributed by atoms with E-state index in [4.69, 9.17) is 0 Å². The highest BCUT2D eigenvalue weighted by Crippen LogP contribution is 2.32. The Hall–Kier alpha value is -0.470. The molecule has 88 valence electrons. The van der Waals surface area contributed by atoms with Gasteiger partial charge < -0.3 is 5.32 Å². The summed E-state index contributed by atoms with van der Waals surface area (Å²) >= 11 is 1.96. The summed E-state index contributed by atoms with van der Waals surface area (Å²) in [5.74, 6) is 2.19. The molecule has 0 spiro atoms. The van der Waals surface area contributed by atoms with Crippen LogP contribution >= 0.6 is 11.8 Å². The van der Waals surface area contributed by atoms with Crippen molar-refractivity contribution >= 4 is 11.8 Å². The number of hydrogen-bond acceptors (Lipinski definition) is 2. The summed E-state index contributed by atoms with van der Waals surface area (Å²) in [6, 6.07) is 11.4. The molecule has 16 heavy (non-hydrogen) atoms. The summed E-state index contributed by atoms with van der Waals surface area (Å²) in [5, 5.41) is 3.62. The average molecular weight is 235 g/mol. The maximum Gasteiger partial charge on any atom is 0.00719 e. The highest BCUT2D eigenvalue weighted by molar-refractivity contribution is 7.99. The molecule has 1 aromatic rings. The molecule has 1 N–H and O–H groups in total. The Kier molecular flexibility index (Phi) is 4.73. The van der Waals surface area contributed by atoms with Crippen molar-refractivity contribution in [1.82, 2.24) is 5.32 Å². The highest BCUT2D eigenvalue weighted by atomic mass is 32.2. The van der Waals surface area contributed by atoms with Crippen LogP contribution in [0.3, 0.4) is 0 Å². The first kappa shape index (κ1) is 12.0. The van der Waals surface area contributed by atoms with Gasteiger partial charge in [0.1, 0.15) is 0 Å². The van der Waals surface area contributed by atoms with Crippen molar-refractivity contribution in [2.45, 2.75) is 37.1 Å². The Balaban J connectivity index is 1.52. The van der Waals surface area contributed by atoms with E-state index >= 15 is 0 Å². The van der Waals surface area contributed by atoms with Gasteiger partial charge >= 0.3 is 0 Å². The summed E-state index contributed by atoms with van der Waals surface area (Å²) in [4.78, 5) is 1.39. The minimum atomic E-state index is 0.738. The predicted molar refractivity (Wildman–Crippen MR) is 72.0 cm³/mol. The molecule has 0 bridgehead atoms. The molecule has 0 amide bonds. The zero-order valence-electron chi connectivity index (χ0n) is 9.99. The zero-order valence-corrected chi connectivity index (χ0v) is 10.8. The van der Waals surface area contributed by atoms with Crippen molar-refractivity contribution in [3.8, 4) is 0 Å². The van der Waals surface area contributed by atoms with Crippen LogP contribution in [0, 0.1) is 5.92 Å². The first-order chi connectivity index (χ1) is 7.86. The fourth-order valence-electron chi connectivity index (χ4n) is 1.87. The largest absolute Gasteiger partial charge is 0.314 e. The molecule has 1 aromatic carbocycles. The molecule has 0 heterocycles. The van der Waals surface area contributed by atoms with Gasteiger partial charge in [-0.3, -0.25) is 0 Å². The minimum absolute atomic E-state index is 0.738. The molecule has 1 atom stereocenters. The summed E-state index contributed by atoms with van der Waals surface area (Å²) < 4.78 is 0. The Labute approximate surface area is 103 Å². The van der Waals surface area contributed by atoms with E-state index in [1.807, 2.05) is 11.8 Å². The molecule has 1 fully saturated rings. The maximum absolute atomic E-state index is 3.62. The monoisotopic (exact) mass is 235 g/mol. The molecule has 0 aromatic heterocycles. The molecule has 0 aliphatic heterocycles. The average Bonchev–Trinajstić information content (AvgIpc) is 3.13. The third-order valence-electron chi connectivity index (χ3n) is 3.13. The van der Waals surface area contributed by atoms with Gasteiger partial charge in [-0.25, -0.2) is 0 Å². The molecule has 1 saturated carbocycles. The molecule has 2 rings (SSSR count). The van der Waals surface area contributed by atoms with Crippen molar-refractivity contribution in [3.05, 3.63) is 30.3 Å². The number of nitrogens with one attached hydrogen (secondary N) is 1. The van der Waals surface area contributed by atoms with Crippen LogP contribution in [-0.2, 0) is 0 Å². The molecule has 1 nitrogen and oxygen atoms in total. The maximum atomic E-state index is 3.62. The van der Waals surface area contributed by atoms with Crippen LogP contribution in [-0.4, -0.2) is 18.3 Å². The van der Waals surface area contributed by atoms with Crippen LogP contribution in [0.2, 0.25) is 0 Å². The second-order valence-corrected chi connectivity index (χ2v) is 5.76. The standard InChI is InChI=1S/C14H21NS/c1-12(13-8-9-13)15-10-5-11-16-14-6-3-2-4-7-14/h2-4,6-7,12-13,15H,5,8-11H2,1H3. The summed E-state index contributed by atoms with van der Waals surface area (Å²) in [6.07, 6.45) is 4.14. The fraction of sp³-hybridized carbons (Fsp3) is 0.571. The zero-order chi connectivity index (χ0) is 11.2. The van der Waals surface area contributed by atoms with E-state index in [0.29, 0.717) is 0 Å². The Morgan fingerprint density at radius 1 is 1.31 bits per heavy atom. The van der Waals surface area contributed by atoms with E-state index in [0.717, 1.165) is 18.5 Å². The lowest BCUT2D eigenvalue weighted by Gasteiger charge is -2.11. The number of thioether (sulfide) groups is 1. The second-order valence-electron chi connectivity index (χ2n) is 4.60. The van der Waals surface area contributed by atoms with Crippen molar-refractivity contribution in [2.24, 2.45) is 5.92 Å². The van der Waals surface area contributed by atoms with Gasteiger partial charge in [-0.1, -0.05) is 18.2 Å². The number of benzene rings is 1. The van der Waals surface area contributed by atoms with Crippen LogP contribution in [0.15, 0.2) is 35.2 Å². The van der Waals surface area contributed by atoms with Gasteiger partial charge in [0.2, 0.25) is 0 Å². The van der Waals surface area contributed by atoms with Gasteiger partial charge in [-0.2, -0.15) is 0 Å². The van der Waals surface area contributed by atoms with Gasteiger partial charge in [0, 0.05) is 10.9 Å². The molecular weight excluding hydrogens is 214 g/mol. The Morgan fingerprint density at radius 3 is 2.75 bits per heavy atom. The normalized spacial score (nSPS) is 17.3. The number of rotatable bonds is 7. The summed E-state index contributed by atoms with van der Waals surface area (Å²) in [7, 11) is 0. The molecule has 0 radical (unpaired) electrons. The summed E-state index contributed by atoms with van der Waals surface area (Å²) in [5.41, 5.74) is 0. The smallest absolute Gasteiger partial charge is 0.00719 e. The first-order valence-electron chi connectivity index (χ1n) is 6.27. The molecule has 1 aliphatic rings. The van der Waals surface area contributed by atoms with Crippen molar-refractivity contribution in [1.29, 1.82) is 0 Å².